The van der Waals surface area contributed by atoms with Gasteiger partial charge >= 0.3 is 6.09 Å². The molecule has 0 unspecified atom stereocenters. The van der Waals surface area contributed by atoms with E-state index in [1.807, 2.05) is 55.5 Å². The van der Waals surface area contributed by atoms with Crippen molar-refractivity contribution in [2.75, 3.05) is 18.5 Å². The fourth-order valence-electron chi connectivity index (χ4n) is 4.80. The van der Waals surface area contributed by atoms with Crippen molar-refractivity contribution in [1.29, 1.82) is 0 Å². The van der Waals surface area contributed by atoms with Gasteiger partial charge in [0, 0.05) is 18.0 Å². The molecule has 2 N–H and O–H groups in total. The van der Waals surface area contributed by atoms with Gasteiger partial charge in [0.2, 0.25) is 5.91 Å². The second kappa shape index (κ2) is 8.71. The summed E-state index contributed by atoms with van der Waals surface area (Å²) in [6.45, 7) is 2.21. The van der Waals surface area contributed by atoms with Gasteiger partial charge in [0.1, 0.15) is 12.6 Å². The van der Waals surface area contributed by atoms with Crippen molar-refractivity contribution in [2.45, 2.75) is 31.4 Å². The Labute approximate surface area is 192 Å². The quantitative estimate of drug-likeness (QED) is 0.631. The molecular weight excluding hydrogens is 416 g/mol. The van der Waals surface area contributed by atoms with Crippen LogP contribution in [0.5, 0.6) is 0 Å². The molecule has 3 aromatic rings. The van der Waals surface area contributed by atoms with Gasteiger partial charge in [-0.1, -0.05) is 66.2 Å². The summed E-state index contributed by atoms with van der Waals surface area (Å²) in [7, 11) is 0. The highest BCUT2D eigenvalue weighted by Gasteiger charge is 2.40. The van der Waals surface area contributed by atoms with Crippen LogP contribution >= 0.6 is 0 Å². The average Bonchev–Trinajstić information content (AvgIpc) is 3.37. The minimum atomic E-state index is -0.781. The number of aliphatic hydroxyl groups is 1. The Hall–Kier alpha value is -3.64. The maximum atomic E-state index is 13.0. The number of hydrogen-bond donors (Lipinski definition) is 2. The van der Waals surface area contributed by atoms with Crippen LogP contribution in [-0.2, 0) is 9.53 Å². The van der Waals surface area contributed by atoms with Gasteiger partial charge in [0.05, 0.1) is 12.6 Å². The predicted molar refractivity (Wildman–Crippen MR) is 126 cm³/mol. The Morgan fingerprint density at radius 1 is 0.970 bits per heavy atom. The number of anilines is 1. The number of likely N-dealkylation sites (tertiary alicyclic amines) is 1. The van der Waals surface area contributed by atoms with Crippen molar-refractivity contribution >= 4 is 17.7 Å². The number of carbonyl (C=O) groups is 2. The van der Waals surface area contributed by atoms with Crippen LogP contribution < -0.4 is 5.32 Å². The van der Waals surface area contributed by atoms with Gasteiger partial charge in [-0.2, -0.15) is 0 Å². The fraction of sp³-hybridized carbons (Fsp3) is 0.259. The number of hydrogen-bond acceptors (Lipinski definition) is 4. The minimum absolute atomic E-state index is 0.0614. The highest BCUT2D eigenvalue weighted by molar-refractivity contribution is 5.97. The lowest BCUT2D eigenvalue weighted by atomic mass is 9.98. The molecule has 0 radical (unpaired) electrons. The predicted octanol–water partition coefficient (Wildman–Crippen LogP) is 4.32. The maximum Gasteiger partial charge on any atom is 0.410 e. The molecule has 6 heteroatoms. The third-order valence-corrected chi connectivity index (χ3v) is 6.47. The second-order valence-electron chi connectivity index (χ2n) is 8.72. The van der Waals surface area contributed by atoms with Crippen molar-refractivity contribution in [2.24, 2.45) is 0 Å². The zero-order chi connectivity index (χ0) is 22.9. The summed E-state index contributed by atoms with van der Waals surface area (Å²) in [6.07, 6.45) is -1.17. The number of ether oxygens (including phenoxy) is 1. The first-order valence-corrected chi connectivity index (χ1v) is 11.2. The molecule has 3 aromatic carbocycles. The standard InChI is InChI=1S/C27H26N2O4/c1-17-10-12-18(13-11-17)28-26(31)25-14-19(30)15-29(25)27(32)33-16-24-22-8-4-2-6-20(22)21-7-3-5-9-23(21)24/h2-13,19,24-25,30H,14-16H2,1H3,(H,28,31)/t19-,25+/m1/s1. The summed E-state index contributed by atoms with van der Waals surface area (Å²) in [6, 6.07) is 22.9. The number of nitrogens with zero attached hydrogens (tertiary/aromatic N) is 1. The number of fused-ring (bicyclic) bond motifs is 3. The van der Waals surface area contributed by atoms with E-state index in [9.17, 15) is 14.7 Å². The van der Waals surface area contributed by atoms with Crippen molar-refractivity contribution in [1.82, 2.24) is 4.90 Å². The highest BCUT2D eigenvalue weighted by atomic mass is 16.6. The van der Waals surface area contributed by atoms with E-state index in [-0.39, 0.29) is 31.4 Å². The van der Waals surface area contributed by atoms with E-state index in [0.717, 1.165) is 27.8 Å². The van der Waals surface area contributed by atoms with Crippen LogP contribution in [0.25, 0.3) is 11.1 Å². The van der Waals surface area contributed by atoms with Crippen LogP contribution in [-0.4, -0.2) is 47.3 Å². The number of nitrogens with one attached hydrogen (secondary N) is 1. The van der Waals surface area contributed by atoms with Gasteiger partial charge in [-0.25, -0.2) is 4.79 Å². The molecule has 33 heavy (non-hydrogen) atoms. The normalized spacial score (nSPS) is 19.2. The van der Waals surface area contributed by atoms with E-state index in [4.69, 9.17) is 4.74 Å². The fourth-order valence-corrected chi connectivity index (χ4v) is 4.80. The molecule has 1 aliphatic heterocycles. The third-order valence-electron chi connectivity index (χ3n) is 6.47. The zero-order valence-corrected chi connectivity index (χ0v) is 18.4. The molecule has 1 fully saturated rings. The van der Waals surface area contributed by atoms with Gasteiger partial charge < -0.3 is 15.2 Å². The number of aliphatic hydroxyl groups excluding tert-OH is 1. The smallest absolute Gasteiger partial charge is 0.410 e. The largest absolute Gasteiger partial charge is 0.448 e. The highest BCUT2D eigenvalue weighted by Crippen LogP contribution is 2.44. The number of rotatable bonds is 4. The Kier molecular flexibility index (Phi) is 5.60. The van der Waals surface area contributed by atoms with Gasteiger partial charge in [-0.3, -0.25) is 9.69 Å². The van der Waals surface area contributed by atoms with Crippen molar-refractivity contribution in [3.8, 4) is 11.1 Å². The van der Waals surface area contributed by atoms with E-state index in [1.165, 1.54) is 4.90 Å². The first-order valence-electron chi connectivity index (χ1n) is 11.2. The summed E-state index contributed by atoms with van der Waals surface area (Å²) in [4.78, 5) is 27.2. The van der Waals surface area contributed by atoms with Crippen molar-refractivity contribution in [3.63, 3.8) is 0 Å². The molecule has 1 aliphatic carbocycles. The lowest BCUT2D eigenvalue weighted by Gasteiger charge is -2.24. The van der Waals surface area contributed by atoms with E-state index >= 15 is 0 Å². The van der Waals surface area contributed by atoms with Gasteiger partial charge in [-0.15, -0.1) is 0 Å². The molecule has 5 rings (SSSR count). The Bertz CT molecular complexity index is 1150. The molecule has 1 heterocycles. The summed E-state index contributed by atoms with van der Waals surface area (Å²) < 4.78 is 5.71. The molecule has 0 aromatic heterocycles. The molecular formula is C27H26N2O4. The molecule has 0 saturated carbocycles. The Morgan fingerprint density at radius 3 is 2.21 bits per heavy atom. The van der Waals surface area contributed by atoms with E-state index < -0.39 is 18.2 Å². The van der Waals surface area contributed by atoms with E-state index in [1.54, 1.807) is 0 Å². The molecule has 0 spiro atoms. The number of carbonyl (C=O) groups excluding carboxylic acids is 2. The number of amides is 2. The van der Waals surface area contributed by atoms with E-state index in [0.29, 0.717) is 5.69 Å². The molecule has 2 amide bonds. The minimum Gasteiger partial charge on any atom is -0.448 e. The van der Waals surface area contributed by atoms with Gasteiger partial charge in [0.25, 0.3) is 0 Å². The lowest BCUT2D eigenvalue weighted by molar-refractivity contribution is -0.120. The van der Waals surface area contributed by atoms with Crippen LogP contribution in [0.2, 0.25) is 0 Å². The molecule has 0 bridgehead atoms. The third kappa shape index (κ3) is 4.10. The summed E-state index contributed by atoms with van der Waals surface area (Å²) in [5, 5.41) is 13.0. The first-order chi connectivity index (χ1) is 16.0. The SMILES string of the molecule is Cc1ccc(NC(=O)[C@@H]2C[C@@H](O)CN2C(=O)OCC2c3ccccc3-c3ccccc32)cc1. The van der Waals surface area contributed by atoms with Crippen LogP contribution in [0.15, 0.2) is 72.8 Å². The summed E-state index contributed by atoms with van der Waals surface area (Å²) in [5.41, 5.74) is 6.30. The van der Waals surface area contributed by atoms with E-state index in [2.05, 4.69) is 29.6 Å². The molecule has 168 valence electrons. The zero-order valence-electron chi connectivity index (χ0n) is 18.4. The summed E-state index contributed by atoms with van der Waals surface area (Å²) in [5.74, 6) is -0.391. The van der Waals surface area contributed by atoms with Crippen LogP contribution in [0, 0.1) is 6.92 Å². The first kappa shape index (κ1) is 21.2. The maximum absolute atomic E-state index is 13.0. The molecule has 1 saturated heterocycles. The average molecular weight is 443 g/mol. The Morgan fingerprint density at radius 2 is 1.58 bits per heavy atom. The molecule has 2 atom stereocenters. The number of aryl methyl sites for hydroxylation is 1. The van der Waals surface area contributed by atoms with Gasteiger partial charge in [-0.05, 0) is 41.3 Å². The topological polar surface area (TPSA) is 78.9 Å². The Balaban J connectivity index is 1.29. The lowest BCUT2D eigenvalue weighted by Crippen LogP contribution is -2.43. The van der Waals surface area contributed by atoms with Crippen LogP contribution in [0.3, 0.4) is 0 Å². The molecule has 2 aliphatic rings. The number of β-amino-alcohol motifs (C(OH)–C–C–N with tert-alkyl or cyclic N) is 1. The van der Waals surface area contributed by atoms with Crippen LogP contribution in [0.1, 0.15) is 29.0 Å². The van der Waals surface area contributed by atoms with Gasteiger partial charge in [0.15, 0.2) is 0 Å². The summed E-state index contributed by atoms with van der Waals surface area (Å²) >= 11 is 0. The van der Waals surface area contributed by atoms with Crippen LogP contribution in [0.4, 0.5) is 10.5 Å². The monoisotopic (exact) mass is 442 g/mol. The van der Waals surface area contributed by atoms with Crippen molar-refractivity contribution < 1.29 is 19.4 Å². The second-order valence-corrected chi connectivity index (χ2v) is 8.72. The number of benzene rings is 3. The van der Waals surface area contributed by atoms with Crippen molar-refractivity contribution in [3.05, 3.63) is 89.5 Å². The molecule has 6 nitrogen and oxygen atoms in total.